The van der Waals surface area contributed by atoms with Gasteiger partial charge in [0.25, 0.3) is 0 Å². The number of urea groups is 1. The van der Waals surface area contributed by atoms with Crippen LogP contribution in [0, 0.1) is 5.92 Å². The highest BCUT2D eigenvalue weighted by Crippen LogP contribution is 2.29. The average molecular weight is 369 g/mol. The van der Waals surface area contributed by atoms with Gasteiger partial charge in [-0.25, -0.2) is 9.78 Å². The third kappa shape index (κ3) is 3.63. The molecule has 4 heterocycles. The first-order valence-electron chi connectivity index (χ1n) is 9.70. The summed E-state index contributed by atoms with van der Waals surface area (Å²) in [5.41, 5.74) is 1.94. The van der Waals surface area contributed by atoms with E-state index in [1.54, 1.807) is 19.0 Å². The maximum absolute atomic E-state index is 12.9. The van der Waals surface area contributed by atoms with Gasteiger partial charge in [0.1, 0.15) is 5.82 Å². The molecule has 3 aliphatic heterocycles. The molecule has 3 aliphatic rings. The first-order valence-corrected chi connectivity index (χ1v) is 9.70. The molecular formula is C20H27N5O2. The highest BCUT2D eigenvalue weighted by molar-refractivity contribution is 5.78. The molecule has 0 spiro atoms. The number of benzene rings is 1. The van der Waals surface area contributed by atoms with Crippen LogP contribution in [0.25, 0.3) is 11.0 Å². The van der Waals surface area contributed by atoms with Crippen molar-refractivity contribution in [1.29, 1.82) is 0 Å². The van der Waals surface area contributed by atoms with Gasteiger partial charge in [-0.3, -0.25) is 4.79 Å². The minimum absolute atomic E-state index is 0.0449. The van der Waals surface area contributed by atoms with Crippen molar-refractivity contribution in [2.24, 2.45) is 5.92 Å². The first kappa shape index (κ1) is 17.8. The van der Waals surface area contributed by atoms with Gasteiger partial charge in [0.2, 0.25) is 5.91 Å². The number of aromatic amines is 1. The molecule has 0 unspecified atom stereocenters. The third-order valence-electron chi connectivity index (χ3n) is 5.70. The number of nitrogens with zero attached hydrogens (tertiary/aromatic N) is 4. The van der Waals surface area contributed by atoms with Crippen molar-refractivity contribution in [1.82, 2.24) is 24.7 Å². The van der Waals surface area contributed by atoms with Gasteiger partial charge in [-0.1, -0.05) is 12.1 Å². The summed E-state index contributed by atoms with van der Waals surface area (Å²) in [7, 11) is 3.57. The van der Waals surface area contributed by atoms with Gasteiger partial charge in [0.15, 0.2) is 0 Å². The highest BCUT2D eigenvalue weighted by Gasteiger charge is 2.38. The van der Waals surface area contributed by atoms with Crippen molar-refractivity contribution in [2.45, 2.75) is 31.7 Å². The summed E-state index contributed by atoms with van der Waals surface area (Å²) in [5.74, 6) is 1.40. The van der Waals surface area contributed by atoms with Gasteiger partial charge >= 0.3 is 6.03 Å². The van der Waals surface area contributed by atoms with E-state index in [1.165, 1.54) is 0 Å². The molecule has 1 aromatic heterocycles. The van der Waals surface area contributed by atoms with Crippen molar-refractivity contribution >= 4 is 23.0 Å². The fourth-order valence-corrected chi connectivity index (χ4v) is 4.32. The van der Waals surface area contributed by atoms with E-state index in [0.29, 0.717) is 25.3 Å². The number of fused-ring (bicyclic) bond motifs is 5. The Balaban J connectivity index is 1.40. The number of imidazole rings is 1. The summed E-state index contributed by atoms with van der Waals surface area (Å²) < 4.78 is 0. The molecule has 3 saturated heterocycles. The Morgan fingerprint density at radius 3 is 2.78 bits per heavy atom. The first-order chi connectivity index (χ1) is 13.0. The standard InChI is InChI=1S/C20H27N5O2/c1-23(2)20(27)24-11-14-7-8-15(13-24)25(12-14)19(26)10-9-18-21-16-5-3-4-6-17(16)22-18/h3-6,14-15H,7-13H2,1-2H3,(H,21,22)/t14-,15+/m0/s1. The zero-order valence-electron chi connectivity index (χ0n) is 16.0. The molecule has 0 aliphatic carbocycles. The molecule has 3 amide bonds. The van der Waals surface area contributed by atoms with Gasteiger partial charge in [-0.05, 0) is 30.9 Å². The number of H-pyrrole nitrogens is 1. The number of hydrogen-bond donors (Lipinski definition) is 1. The van der Waals surface area contributed by atoms with Gasteiger partial charge in [0.05, 0.1) is 11.0 Å². The lowest BCUT2D eigenvalue weighted by atomic mass is 9.94. The fourth-order valence-electron chi connectivity index (χ4n) is 4.32. The average Bonchev–Trinajstić information content (AvgIpc) is 2.85. The second-order valence-corrected chi connectivity index (χ2v) is 7.93. The van der Waals surface area contributed by atoms with E-state index in [1.807, 2.05) is 34.1 Å². The second kappa shape index (κ2) is 7.21. The zero-order valence-corrected chi connectivity index (χ0v) is 16.0. The van der Waals surface area contributed by atoms with Crippen LogP contribution in [-0.2, 0) is 11.2 Å². The molecule has 2 aromatic rings. The number of hydrogen-bond acceptors (Lipinski definition) is 3. The predicted molar refractivity (Wildman–Crippen MR) is 103 cm³/mol. The van der Waals surface area contributed by atoms with Gasteiger partial charge in [0, 0.05) is 52.6 Å². The Morgan fingerprint density at radius 1 is 1.19 bits per heavy atom. The summed E-state index contributed by atoms with van der Waals surface area (Å²) in [6.45, 7) is 2.16. The molecule has 7 heteroatoms. The predicted octanol–water partition coefficient (Wildman–Crippen LogP) is 2.10. The maximum atomic E-state index is 12.9. The van der Waals surface area contributed by atoms with Crippen LogP contribution in [0.15, 0.2) is 24.3 Å². The minimum atomic E-state index is 0.0449. The summed E-state index contributed by atoms with van der Waals surface area (Å²) >= 11 is 0. The van der Waals surface area contributed by atoms with Crippen molar-refractivity contribution in [3.63, 3.8) is 0 Å². The SMILES string of the molecule is CN(C)C(=O)N1C[C@@H]2CC[C@H](C1)N(C(=O)CCc1nc3ccccc3[nH]1)C2. The smallest absolute Gasteiger partial charge is 0.319 e. The van der Waals surface area contributed by atoms with E-state index in [2.05, 4.69) is 9.97 Å². The Kier molecular flexibility index (Phi) is 4.76. The molecule has 7 nitrogen and oxygen atoms in total. The number of aryl methyl sites for hydroxylation is 1. The molecule has 3 fully saturated rings. The number of carbonyl (C=O) groups is 2. The topological polar surface area (TPSA) is 72.5 Å². The van der Waals surface area contributed by atoms with Crippen LogP contribution < -0.4 is 0 Å². The molecule has 144 valence electrons. The highest BCUT2D eigenvalue weighted by atomic mass is 16.2. The van der Waals surface area contributed by atoms with E-state index < -0.39 is 0 Å². The quantitative estimate of drug-likeness (QED) is 0.901. The van der Waals surface area contributed by atoms with Gasteiger partial charge < -0.3 is 19.7 Å². The molecule has 27 heavy (non-hydrogen) atoms. The Labute approximate surface area is 159 Å². The summed E-state index contributed by atoms with van der Waals surface area (Å²) in [6, 6.07) is 8.09. The van der Waals surface area contributed by atoms with Crippen LogP contribution in [0.2, 0.25) is 0 Å². The van der Waals surface area contributed by atoms with E-state index in [0.717, 1.165) is 42.8 Å². The van der Waals surface area contributed by atoms with Crippen molar-refractivity contribution in [3.05, 3.63) is 30.1 Å². The lowest BCUT2D eigenvalue weighted by Gasteiger charge is -2.36. The van der Waals surface area contributed by atoms with Crippen LogP contribution in [0.5, 0.6) is 0 Å². The fraction of sp³-hybridized carbons (Fsp3) is 0.550. The number of aromatic nitrogens is 2. The summed E-state index contributed by atoms with van der Waals surface area (Å²) in [4.78, 5) is 38.7. The number of amides is 3. The van der Waals surface area contributed by atoms with Gasteiger partial charge in [-0.15, -0.1) is 0 Å². The van der Waals surface area contributed by atoms with Crippen LogP contribution >= 0.6 is 0 Å². The van der Waals surface area contributed by atoms with Crippen LogP contribution in [-0.4, -0.2) is 76.4 Å². The van der Waals surface area contributed by atoms with Crippen molar-refractivity contribution in [2.75, 3.05) is 33.7 Å². The number of carbonyl (C=O) groups excluding carboxylic acids is 2. The molecule has 5 rings (SSSR count). The molecular weight excluding hydrogens is 342 g/mol. The Bertz CT molecular complexity index is 813. The van der Waals surface area contributed by atoms with E-state index in [-0.39, 0.29) is 18.0 Å². The lowest BCUT2D eigenvalue weighted by molar-refractivity contribution is -0.135. The van der Waals surface area contributed by atoms with Crippen LogP contribution in [0.3, 0.4) is 0 Å². The molecule has 0 saturated carbocycles. The summed E-state index contributed by atoms with van der Waals surface area (Å²) in [6.07, 6.45) is 3.14. The largest absolute Gasteiger partial charge is 0.342 e. The van der Waals surface area contributed by atoms with Crippen molar-refractivity contribution in [3.8, 4) is 0 Å². The molecule has 0 radical (unpaired) electrons. The molecule has 2 atom stereocenters. The number of para-hydroxylation sites is 2. The third-order valence-corrected chi connectivity index (χ3v) is 5.70. The molecule has 1 N–H and O–H groups in total. The lowest BCUT2D eigenvalue weighted by Crippen LogP contribution is -2.48. The summed E-state index contributed by atoms with van der Waals surface area (Å²) in [5, 5.41) is 0. The normalized spacial score (nSPS) is 22.1. The Morgan fingerprint density at radius 2 is 2.00 bits per heavy atom. The number of piperidine rings is 1. The van der Waals surface area contributed by atoms with Gasteiger partial charge in [-0.2, -0.15) is 0 Å². The number of nitrogens with one attached hydrogen (secondary N) is 1. The van der Waals surface area contributed by atoms with Crippen molar-refractivity contribution < 1.29 is 9.59 Å². The zero-order chi connectivity index (χ0) is 19.0. The molecule has 2 bridgehead atoms. The minimum Gasteiger partial charge on any atom is -0.342 e. The number of rotatable bonds is 3. The van der Waals surface area contributed by atoms with E-state index in [9.17, 15) is 9.59 Å². The Hall–Kier alpha value is -2.57. The van der Waals surface area contributed by atoms with Crippen LogP contribution in [0.1, 0.15) is 25.1 Å². The van der Waals surface area contributed by atoms with Crippen LogP contribution in [0.4, 0.5) is 4.79 Å². The monoisotopic (exact) mass is 369 g/mol. The van der Waals surface area contributed by atoms with E-state index >= 15 is 0 Å². The maximum Gasteiger partial charge on any atom is 0.319 e. The second-order valence-electron chi connectivity index (χ2n) is 7.93. The molecule has 1 aromatic carbocycles. The van der Waals surface area contributed by atoms with E-state index in [4.69, 9.17) is 0 Å².